The monoisotopic (exact) mass is 424 g/mol. The van der Waals surface area contributed by atoms with E-state index in [1.807, 2.05) is 19.2 Å². The Hall–Kier alpha value is -2.57. The highest BCUT2D eigenvalue weighted by Crippen LogP contribution is 2.60. The summed E-state index contributed by atoms with van der Waals surface area (Å²) in [6.07, 6.45) is 0.446. The molecule has 162 valence electrons. The van der Waals surface area contributed by atoms with Gasteiger partial charge in [0.15, 0.2) is 11.9 Å². The van der Waals surface area contributed by atoms with Gasteiger partial charge in [0.2, 0.25) is 5.92 Å². The summed E-state index contributed by atoms with van der Waals surface area (Å²) < 4.78 is 27.5. The zero-order chi connectivity index (χ0) is 21.8. The van der Waals surface area contributed by atoms with Gasteiger partial charge in [-0.25, -0.2) is 8.78 Å². The number of azo groups is 1. The summed E-state index contributed by atoms with van der Waals surface area (Å²) in [7, 11) is 2.03. The van der Waals surface area contributed by atoms with Crippen LogP contribution in [0.25, 0.3) is 0 Å². The van der Waals surface area contributed by atoms with Gasteiger partial charge in [-0.3, -0.25) is 4.79 Å². The van der Waals surface area contributed by atoms with Crippen molar-refractivity contribution >= 4 is 11.5 Å². The summed E-state index contributed by atoms with van der Waals surface area (Å²) in [4.78, 5) is 15.8. The summed E-state index contributed by atoms with van der Waals surface area (Å²) in [5.41, 5.74) is 4.64. The fraction of sp³-hybridized carbons (Fsp3) is 0.542. The van der Waals surface area contributed by atoms with Crippen molar-refractivity contribution in [2.75, 3.05) is 18.5 Å². The molecular formula is C24H26F2N4O. The number of hydrogen-bond donors (Lipinski definition) is 1. The van der Waals surface area contributed by atoms with Crippen LogP contribution in [-0.4, -0.2) is 31.5 Å². The molecule has 1 aromatic carbocycles. The molecule has 0 aromatic heterocycles. The van der Waals surface area contributed by atoms with E-state index in [0.717, 1.165) is 34.5 Å². The summed E-state index contributed by atoms with van der Waals surface area (Å²) >= 11 is 0. The van der Waals surface area contributed by atoms with E-state index in [1.54, 1.807) is 0 Å². The van der Waals surface area contributed by atoms with Crippen LogP contribution in [0.3, 0.4) is 0 Å². The molecule has 1 saturated carbocycles. The van der Waals surface area contributed by atoms with Crippen LogP contribution >= 0.6 is 0 Å². The van der Waals surface area contributed by atoms with Gasteiger partial charge in [-0.15, -0.1) is 0 Å². The minimum atomic E-state index is -2.64. The molecule has 1 unspecified atom stereocenters. The van der Waals surface area contributed by atoms with Gasteiger partial charge in [-0.1, -0.05) is 32.0 Å². The zero-order valence-corrected chi connectivity index (χ0v) is 18.0. The number of benzene rings is 1. The number of fused-ring (bicyclic) bond motifs is 5. The van der Waals surface area contributed by atoms with E-state index in [9.17, 15) is 13.6 Å². The van der Waals surface area contributed by atoms with Crippen LogP contribution in [0, 0.1) is 11.3 Å². The Labute approximate surface area is 180 Å². The normalized spacial score (nSPS) is 32.7. The molecule has 0 radical (unpaired) electrons. The van der Waals surface area contributed by atoms with Gasteiger partial charge in [0, 0.05) is 61.3 Å². The Balaban J connectivity index is 1.62. The number of carbonyl (C=O) groups is 1. The van der Waals surface area contributed by atoms with Crippen LogP contribution in [0.4, 0.5) is 14.5 Å². The number of anilines is 1. The highest BCUT2D eigenvalue weighted by molar-refractivity contribution is 6.03. The third kappa shape index (κ3) is 2.49. The van der Waals surface area contributed by atoms with Crippen LogP contribution in [0.1, 0.15) is 45.1 Å². The summed E-state index contributed by atoms with van der Waals surface area (Å²) in [5, 5.41) is 12.4. The number of carbonyl (C=O) groups excluding carboxylic acids is 1. The predicted molar refractivity (Wildman–Crippen MR) is 113 cm³/mol. The van der Waals surface area contributed by atoms with E-state index >= 15 is 0 Å². The number of alkyl halides is 2. The van der Waals surface area contributed by atoms with Crippen molar-refractivity contribution in [2.45, 2.75) is 57.0 Å². The van der Waals surface area contributed by atoms with Crippen molar-refractivity contribution in [3.63, 3.8) is 0 Å². The van der Waals surface area contributed by atoms with E-state index in [1.165, 1.54) is 0 Å². The van der Waals surface area contributed by atoms with Crippen molar-refractivity contribution in [3.8, 4) is 0 Å². The average molecular weight is 424 g/mol. The lowest BCUT2D eigenvalue weighted by Gasteiger charge is -2.47. The van der Waals surface area contributed by atoms with E-state index in [2.05, 4.69) is 46.4 Å². The molecule has 0 saturated heterocycles. The maximum atomic E-state index is 13.8. The minimum absolute atomic E-state index is 0.135. The minimum Gasteiger partial charge on any atom is -0.373 e. The Morgan fingerprint density at radius 1 is 1.16 bits per heavy atom. The van der Waals surface area contributed by atoms with Crippen LogP contribution in [-0.2, 0) is 10.2 Å². The Morgan fingerprint density at radius 2 is 1.90 bits per heavy atom. The van der Waals surface area contributed by atoms with Gasteiger partial charge < -0.3 is 10.2 Å². The fourth-order valence-electron chi connectivity index (χ4n) is 6.46. The van der Waals surface area contributed by atoms with Gasteiger partial charge in [0.1, 0.15) is 0 Å². The first-order chi connectivity index (χ1) is 14.6. The molecule has 1 N–H and O–H groups in total. The first-order valence-corrected chi connectivity index (χ1v) is 11.0. The van der Waals surface area contributed by atoms with Crippen LogP contribution in [0.15, 0.2) is 57.0 Å². The molecule has 2 aliphatic carbocycles. The summed E-state index contributed by atoms with van der Waals surface area (Å²) in [5.74, 6) is -2.81. The van der Waals surface area contributed by atoms with Gasteiger partial charge in [0.25, 0.3) is 0 Å². The number of allylic oxidation sites excluding steroid dienone is 2. The maximum Gasteiger partial charge on any atom is 0.249 e. The van der Waals surface area contributed by atoms with Crippen molar-refractivity contribution in [2.24, 2.45) is 21.6 Å². The number of rotatable bonds is 1. The molecule has 1 fully saturated rings. The van der Waals surface area contributed by atoms with Crippen LogP contribution < -0.4 is 10.2 Å². The molecule has 1 aromatic rings. The smallest absolute Gasteiger partial charge is 0.249 e. The fourth-order valence-corrected chi connectivity index (χ4v) is 6.46. The number of Topliss-reactive ketones (excluding diaryl/α,β-unsaturated/α-hetero) is 1. The van der Waals surface area contributed by atoms with Crippen LogP contribution in [0.2, 0.25) is 0 Å². The number of halogens is 2. The van der Waals surface area contributed by atoms with Crippen molar-refractivity contribution in [3.05, 3.63) is 52.4 Å². The molecular weight excluding hydrogens is 398 g/mol. The molecule has 5 aliphatic rings. The third-order valence-corrected chi connectivity index (χ3v) is 7.63. The van der Waals surface area contributed by atoms with E-state index < -0.39 is 17.5 Å². The quantitative estimate of drug-likeness (QED) is 0.710. The number of ketones is 1. The summed E-state index contributed by atoms with van der Waals surface area (Å²) in [6.45, 7) is 4.82. The Bertz CT molecular complexity index is 1110. The molecule has 3 heterocycles. The van der Waals surface area contributed by atoms with Gasteiger partial charge in [0.05, 0.1) is 11.1 Å². The molecule has 7 heteroatoms. The lowest BCUT2D eigenvalue weighted by Crippen LogP contribution is -2.54. The summed E-state index contributed by atoms with van der Waals surface area (Å²) in [6, 6.07) is 8.14. The standard InChI is InChI=1S/C24H26F2N4O/c1-22(2)10-15-18(17(31)11-22)24(12-30(3)16-7-5-4-6-14(16)24)19-20(28-29-21(19)27-15)13-8-23(25,26)9-13/h4-7,13,21,27H,8-12H2,1-3H3/t21?,24-/m0/s1. The van der Waals surface area contributed by atoms with Crippen molar-refractivity contribution < 1.29 is 13.6 Å². The Morgan fingerprint density at radius 3 is 2.65 bits per heavy atom. The molecule has 0 amide bonds. The predicted octanol–water partition coefficient (Wildman–Crippen LogP) is 4.71. The number of hydrogen-bond acceptors (Lipinski definition) is 5. The zero-order valence-electron chi connectivity index (χ0n) is 18.0. The number of para-hydroxylation sites is 1. The molecule has 3 aliphatic heterocycles. The van der Waals surface area contributed by atoms with Gasteiger partial charge in [-0.05, 0) is 23.5 Å². The second-order valence-corrected chi connectivity index (χ2v) is 10.6. The molecule has 6 rings (SSSR count). The van der Waals surface area contributed by atoms with E-state index in [0.29, 0.717) is 18.7 Å². The van der Waals surface area contributed by atoms with E-state index in [4.69, 9.17) is 0 Å². The lowest BCUT2D eigenvalue weighted by atomic mass is 9.59. The maximum absolute atomic E-state index is 13.8. The van der Waals surface area contributed by atoms with Gasteiger partial charge in [-0.2, -0.15) is 10.2 Å². The van der Waals surface area contributed by atoms with E-state index in [-0.39, 0.29) is 30.0 Å². The highest BCUT2D eigenvalue weighted by atomic mass is 19.3. The van der Waals surface area contributed by atoms with Gasteiger partial charge >= 0.3 is 0 Å². The number of nitrogens with one attached hydrogen (secondary N) is 1. The highest BCUT2D eigenvalue weighted by Gasteiger charge is 2.60. The third-order valence-electron chi connectivity index (χ3n) is 7.63. The number of likely N-dealkylation sites (N-methyl/N-ethyl adjacent to an activating group) is 1. The second kappa shape index (κ2) is 5.81. The molecule has 5 nitrogen and oxygen atoms in total. The SMILES string of the molecule is CN1C[C@@]2(C3=C(CC(C)(C)CC3=O)NC3N=NC(C4CC(F)(F)C4)=C32)c2ccccc21. The van der Waals surface area contributed by atoms with Crippen molar-refractivity contribution in [1.82, 2.24) is 5.32 Å². The average Bonchev–Trinajstić information content (AvgIpc) is 3.19. The second-order valence-electron chi connectivity index (χ2n) is 10.6. The van der Waals surface area contributed by atoms with Crippen LogP contribution in [0.5, 0.6) is 0 Å². The first kappa shape index (κ1) is 19.1. The van der Waals surface area contributed by atoms with Crippen molar-refractivity contribution in [1.29, 1.82) is 0 Å². The molecule has 1 spiro atoms. The largest absolute Gasteiger partial charge is 0.373 e. The number of nitrogens with zero attached hydrogens (tertiary/aromatic N) is 3. The molecule has 31 heavy (non-hydrogen) atoms. The molecule has 0 bridgehead atoms. The topological polar surface area (TPSA) is 57.1 Å². The Kier molecular flexibility index (Phi) is 3.59. The molecule has 2 atom stereocenters. The first-order valence-electron chi connectivity index (χ1n) is 11.0. The lowest BCUT2D eigenvalue weighted by molar-refractivity contribution is -0.119.